The number of thioether (sulfide) groups is 1. The van der Waals surface area contributed by atoms with Gasteiger partial charge in [0.05, 0.1) is 16.8 Å². The van der Waals surface area contributed by atoms with E-state index in [9.17, 15) is 14.0 Å². The van der Waals surface area contributed by atoms with E-state index in [1.54, 1.807) is 18.2 Å². The highest BCUT2D eigenvalue weighted by Crippen LogP contribution is 2.23. The molecule has 0 saturated carbocycles. The van der Waals surface area contributed by atoms with Crippen LogP contribution in [0.25, 0.3) is 0 Å². The number of anilines is 1. The van der Waals surface area contributed by atoms with E-state index in [1.165, 1.54) is 17.8 Å². The van der Waals surface area contributed by atoms with Gasteiger partial charge in [0, 0.05) is 4.90 Å². The molecule has 0 saturated heterocycles. The van der Waals surface area contributed by atoms with Crippen LogP contribution in [0.2, 0.25) is 0 Å². The Morgan fingerprint density at radius 3 is 2.52 bits per heavy atom. The lowest BCUT2D eigenvalue weighted by atomic mass is 10.1. The standard InChI is InChI=1S/C15H12FNO3S/c1-21-13-5-3-2-4-10(13)14(18)17-12-7-6-9(16)8-11(12)15(19)20/h2-8H,1H3,(H,17,18)(H,19,20). The zero-order valence-electron chi connectivity index (χ0n) is 11.1. The first-order valence-corrected chi connectivity index (χ1v) is 7.22. The van der Waals surface area contributed by atoms with Gasteiger partial charge in [-0.1, -0.05) is 12.1 Å². The molecule has 2 N–H and O–H groups in total. The van der Waals surface area contributed by atoms with E-state index < -0.39 is 17.7 Å². The van der Waals surface area contributed by atoms with Gasteiger partial charge >= 0.3 is 5.97 Å². The van der Waals surface area contributed by atoms with Gasteiger partial charge in [0.2, 0.25) is 0 Å². The van der Waals surface area contributed by atoms with Gasteiger partial charge in [0.15, 0.2) is 0 Å². The van der Waals surface area contributed by atoms with Crippen LogP contribution in [0.3, 0.4) is 0 Å². The minimum Gasteiger partial charge on any atom is -0.478 e. The Morgan fingerprint density at radius 1 is 1.14 bits per heavy atom. The third kappa shape index (κ3) is 3.41. The van der Waals surface area contributed by atoms with Gasteiger partial charge in [-0.3, -0.25) is 4.79 Å². The molecule has 0 fully saturated rings. The van der Waals surface area contributed by atoms with Crippen LogP contribution in [0.15, 0.2) is 47.4 Å². The van der Waals surface area contributed by atoms with Crippen molar-refractivity contribution < 1.29 is 19.1 Å². The first-order valence-electron chi connectivity index (χ1n) is 6.00. The molecule has 21 heavy (non-hydrogen) atoms. The first kappa shape index (κ1) is 15.1. The van der Waals surface area contributed by atoms with E-state index in [-0.39, 0.29) is 11.3 Å². The lowest BCUT2D eigenvalue weighted by Crippen LogP contribution is -2.15. The lowest BCUT2D eigenvalue weighted by molar-refractivity contribution is 0.0697. The molecule has 4 nitrogen and oxygen atoms in total. The number of hydrogen-bond acceptors (Lipinski definition) is 3. The minimum atomic E-state index is -1.30. The van der Waals surface area contributed by atoms with E-state index >= 15 is 0 Å². The summed E-state index contributed by atoms with van der Waals surface area (Å²) in [7, 11) is 0. The van der Waals surface area contributed by atoms with Crippen LogP contribution in [-0.2, 0) is 0 Å². The van der Waals surface area contributed by atoms with Crippen molar-refractivity contribution in [3.8, 4) is 0 Å². The summed E-state index contributed by atoms with van der Waals surface area (Å²) in [4.78, 5) is 24.1. The van der Waals surface area contributed by atoms with E-state index in [0.29, 0.717) is 5.56 Å². The molecule has 0 aromatic heterocycles. The van der Waals surface area contributed by atoms with E-state index in [2.05, 4.69) is 5.32 Å². The molecule has 1 amide bonds. The number of hydrogen-bond donors (Lipinski definition) is 2. The average molecular weight is 305 g/mol. The molecule has 0 aliphatic carbocycles. The molecule has 0 atom stereocenters. The monoisotopic (exact) mass is 305 g/mol. The van der Waals surface area contributed by atoms with Gasteiger partial charge in [-0.15, -0.1) is 11.8 Å². The van der Waals surface area contributed by atoms with Gasteiger partial charge in [0.25, 0.3) is 5.91 Å². The summed E-state index contributed by atoms with van der Waals surface area (Å²) in [5.74, 6) is -2.41. The molecule has 0 heterocycles. The van der Waals surface area contributed by atoms with Gasteiger partial charge in [-0.25, -0.2) is 9.18 Å². The highest BCUT2D eigenvalue weighted by Gasteiger charge is 2.16. The second-order valence-electron chi connectivity index (χ2n) is 4.15. The predicted molar refractivity (Wildman–Crippen MR) is 79.5 cm³/mol. The summed E-state index contributed by atoms with van der Waals surface area (Å²) in [6.45, 7) is 0. The molecule has 2 aromatic carbocycles. The molecule has 0 unspecified atom stereocenters. The highest BCUT2D eigenvalue weighted by molar-refractivity contribution is 7.98. The fourth-order valence-corrected chi connectivity index (χ4v) is 2.42. The van der Waals surface area contributed by atoms with Gasteiger partial charge in [-0.05, 0) is 36.6 Å². The molecular formula is C15H12FNO3S. The SMILES string of the molecule is CSc1ccccc1C(=O)Nc1ccc(F)cc1C(=O)O. The summed E-state index contributed by atoms with van der Waals surface area (Å²) in [5, 5.41) is 11.6. The maximum atomic E-state index is 13.1. The average Bonchev–Trinajstić information content (AvgIpc) is 2.48. The normalized spacial score (nSPS) is 10.2. The Morgan fingerprint density at radius 2 is 1.86 bits per heavy atom. The molecule has 2 aromatic rings. The molecule has 6 heteroatoms. The summed E-state index contributed by atoms with van der Waals surface area (Å²) in [6.07, 6.45) is 1.84. The van der Waals surface area contributed by atoms with Crippen LogP contribution in [0.5, 0.6) is 0 Å². The van der Waals surface area contributed by atoms with Crippen molar-refractivity contribution in [2.75, 3.05) is 11.6 Å². The van der Waals surface area contributed by atoms with E-state index in [0.717, 1.165) is 17.0 Å². The number of carboxylic acids is 1. The predicted octanol–water partition coefficient (Wildman–Crippen LogP) is 3.50. The van der Waals surface area contributed by atoms with Crippen molar-refractivity contribution >= 4 is 29.3 Å². The van der Waals surface area contributed by atoms with Crippen molar-refractivity contribution in [2.24, 2.45) is 0 Å². The third-order valence-electron chi connectivity index (χ3n) is 2.81. The van der Waals surface area contributed by atoms with E-state index in [4.69, 9.17) is 5.11 Å². The molecule has 0 spiro atoms. The molecule has 0 radical (unpaired) electrons. The number of nitrogens with one attached hydrogen (secondary N) is 1. The molecule has 0 aliphatic heterocycles. The smallest absolute Gasteiger partial charge is 0.337 e. The molecule has 2 rings (SSSR count). The maximum absolute atomic E-state index is 13.1. The van der Waals surface area contributed by atoms with Gasteiger partial charge in [0.1, 0.15) is 5.82 Å². The molecule has 0 aliphatic rings. The minimum absolute atomic E-state index is 0.0600. The fraction of sp³-hybridized carbons (Fsp3) is 0.0667. The van der Waals surface area contributed by atoms with Crippen LogP contribution in [0.1, 0.15) is 20.7 Å². The van der Waals surface area contributed by atoms with Crippen molar-refractivity contribution in [2.45, 2.75) is 4.90 Å². The zero-order valence-corrected chi connectivity index (χ0v) is 11.9. The van der Waals surface area contributed by atoms with Crippen molar-refractivity contribution in [1.82, 2.24) is 0 Å². The highest BCUT2D eigenvalue weighted by atomic mass is 32.2. The third-order valence-corrected chi connectivity index (χ3v) is 3.61. The van der Waals surface area contributed by atoms with Crippen molar-refractivity contribution in [3.63, 3.8) is 0 Å². The Bertz CT molecular complexity index is 703. The number of amides is 1. The van der Waals surface area contributed by atoms with Crippen LogP contribution < -0.4 is 5.32 Å². The van der Waals surface area contributed by atoms with Crippen molar-refractivity contribution in [1.29, 1.82) is 0 Å². The van der Waals surface area contributed by atoms with Crippen LogP contribution in [0, 0.1) is 5.82 Å². The Labute approximate surface area is 125 Å². The topological polar surface area (TPSA) is 66.4 Å². The van der Waals surface area contributed by atoms with Crippen molar-refractivity contribution in [3.05, 3.63) is 59.4 Å². The van der Waals surface area contributed by atoms with E-state index in [1.807, 2.05) is 12.3 Å². The molecular weight excluding hydrogens is 293 g/mol. The number of carbonyl (C=O) groups is 2. The lowest BCUT2D eigenvalue weighted by Gasteiger charge is -2.10. The number of rotatable bonds is 4. The molecule has 108 valence electrons. The summed E-state index contributed by atoms with van der Waals surface area (Å²) >= 11 is 1.41. The Hall–Kier alpha value is -2.34. The fourth-order valence-electron chi connectivity index (χ4n) is 1.82. The summed E-state index contributed by atoms with van der Waals surface area (Å²) in [5.41, 5.74) is 0.209. The van der Waals surface area contributed by atoms with Crippen LogP contribution >= 0.6 is 11.8 Å². The largest absolute Gasteiger partial charge is 0.478 e. The zero-order chi connectivity index (χ0) is 15.4. The Kier molecular flexibility index (Phi) is 4.59. The molecule has 0 bridgehead atoms. The van der Waals surface area contributed by atoms with Gasteiger partial charge in [-0.2, -0.15) is 0 Å². The summed E-state index contributed by atoms with van der Waals surface area (Å²) in [6, 6.07) is 10.2. The number of halogens is 1. The summed E-state index contributed by atoms with van der Waals surface area (Å²) < 4.78 is 13.1. The van der Waals surface area contributed by atoms with Crippen LogP contribution in [-0.4, -0.2) is 23.2 Å². The Balaban J connectivity index is 2.34. The number of aromatic carboxylic acids is 1. The first-order chi connectivity index (χ1) is 10.0. The second-order valence-corrected chi connectivity index (χ2v) is 5.00. The number of carbonyl (C=O) groups excluding carboxylic acids is 1. The van der Waals surface area contributed by atoms with Crippen LogP contribution in [0.4, 0.5) is 10.1 Å². The quantitative estimate of drug-likeness (QED) is 0.848. The second kappa shape index (κ2) is 6.41. The van der Waals surface area contributed by atoms with Gasteiger partial charge < -0.3 is 10.4 Å². The number of benzene rings is 2. The maximum Gasteiger partial charge on any atom is 0.337 e. The number of carboxylic acid groups (broad SMARTS) is 1.